The van der Waals surface area contributed by atoms with Crippen LogP contribution in [0.4, 0.5) is 5.69 Å². The Hall–Kier alpha value is -2.21. The van der Waals surface area contributed by atoms with Gasteiger partial charge in [0.15, 0.2) is 0 Å². The zero-order valence-corrected chi connectivity index (χ0v) is 12.7. The van der Waals surface area contributed by atoms with Crippen LogP contribution in [0.5, 0.6) is 0 Å². The number of nitrogens with zero attached hydrogens (tertiary/aromatic N) is 3. The number of aryl methyl sites for hydroxylation is 1. The van der Waals surface area contributed by atoms with E-state index in [0.29, 0.717) is 5.82 Å². The molecule has 0 radical (unpaired) electrons. The molecule has 0 fully saturated rings. The van der Waals surface area contributed by atoms with Gasteiger partial charge in [-0.3, -0.25) is 14.8 Å². The lowest BCUT2D eigenvalue weighted by Gasteiger charge is -2.20. The van der Waals surface area contributed by atoms with Gasteiger partial charge >= 0.3 is 0 Å². The van der Waals surface area contributed by atoms with Crippen LogP contribution in [0.3, 0.4) is 0 Å². The van der Waals surface area contributed by atoms with Crippen LogP contribution >= 0.6 is 0 Å². The van der Waals surface area contributed by atoms with Gasteiger partial charge in [-0.05, 0) is 31.6 Å². The van der Waals surface area contributed by atoms with Crippen molar-refractivity contribution in [1.29, 1.82) is 0 Å². The SMILES string of the molecule is CCN(CC)Cc1ccccc1NC(=O)c1n[nH]c(C)n1. The first kappa shape index (κ1) is 15.2. The summed E-state index contributed by atoms with van der Waals surface area (Å²) < 4.78 is 0. The Bertz CT molecular complexity index is 604. The molecule has 0 aliphatic heterocycles. The van der Waals surface area contributed by atoms with E-state index in [4.69, 9.17) is 0 Å². The van der Waals surface area contributed by atoms with E-state index in [0.717, 1.165) is 30.9 Å². The highest BCUT2D eigenvalue weighted by Gasteiger charge is 2.14. The van der Waals surface area contributed by atoms with Crippen molar-refractivity contribution in [2.24, 2.45) is 0 Å². The number of benzene rings is 1. The van der Waals surface area contributed by atoms with Gasteiger partial charge in [0.25, 0.3) is 5.91 Å². The lowest BCUT2D eigenvalue weighted by atomic mass is 10.1. The fourth-order valence-corrected chi connectivity index (χ4v) is 2.09. The summed E-state index contributed by atoms with van der Waals surface area (Å²) in [5.74, 6) is 0.480. The number of carbonyl (C=O) groups is 1. The minimum Gasteiger partial charge on any atom is -0.319 e. The van der Waals surface area contributed by atoms with Gasteiger partial charge in [-0.25, -0.2) is 4.98 Å². The van der Waals surface area contributed by atoms with Crippen molar-refractivity contribution in [3.05, 3.63) is 41.5 Å². The summed E-state index contributed by atoms with van der Waals surface area (Å²) in [6.45, 7) is 8.76. The Kier molecular flexibility index (Phi) is 5.05. The average molecular weight is 287 g/mol. The number of H-pyrrole nitrogens is 1. The van der Waals surface area contributed by atoms with Gasteiger partial charge in [0.05, 0.1) is 0 Å². The maximum Gasteiger partial charge on any atom is 0.295 e. The highest BCUT2D eigenvalue weighted by molar-refractivity contribution is 6.01. The number of aromatic amines is 1. The van der Waals surface area contributed by atoms with Crippen molar-refractivity contribution in [3.63, 3.8) is 0 Å². The average Bonchev–Trinajstić information content (AvgIpc) is 2.93. The van der Waals surface area contributed by atoms with Crippen LogP contribution in [0.2, 0.25) is 0 Å². The largest absolute Gasteiger partial charge is 0.319 e. The lowest BCUT2D eigenvalue weighted by molar-refractivity contribution is 0.101. The zero-order chi connectivity index (χ0) is 15.2. The van der Waals surface area contributed by atoms with Crippen LogP contribution in [0.15, 0.2) is 24.3 Å². The predicted octanol–water partition coefficient (Wildman–Crippen LogP) is 2.21. The van der Waals surface area contributed by atoms with Crippen LogP contribution in [0.25, 0.3) is 0 Å². The van der Waals surface area contributed by atoms with Crippen LogP contribution in [0, 0.1) is 6.92 Å². The van der Waals surface area contributed by atoms with Gasteiger partial charge < -0.3 is 5.32 Å². The Morgan fingerprint density at radius 1 is 1.29 bits per heavy atom. The fraction of sp³-hybridized carbons (Fsp3) is 0.400. The molecule has 6 heteroatoms. The van der Waals surface area contributed by atoms with Crippen molar-refractivity contribution in [2.45, 2.75) is 27.3 Å². The fourth-order valence-electron chi connectivity index (χ4n) is 2.09. The highest BCUT2D eigenvalue weighted by Crippen LogP contribution is 2.17. The molecule has 112 valence electrons. The number of rotatable bonds is 6. The summed E-state index contributed by atoms with van der Waals surface area (Å²) in [6, 6.07) is 7.81. The van der Waals surface area contributed by atoms with E-state index in [9.17, 15) is 4.79 Å². The number of aromatic nitrogens is 3. The molecule has 2 aromatic rings. The van der Waals surface area contributed by atoms with Crippen molar-refractivity contribution >= 4 is 11.6 Å². The molecule has 0 aliphatic rings. The molecular formula is C15H21N5O. The topological polar surface area (TPSA) is 73.9 Å². The van der Waals surface area contributed by atoms with E-state index >= 15 is 0 Å². The molecule has 0 saturated heterocycles. The van der Waals surface area contributed by atoms with Crippen molar-refractivity contribution < 1.29 is 4.79 Å². The smallest absolute Gasteiger partial charge is 0.295 e. The minimum atomic E-state index is -0.300. The Balaban J connectivity index is 2.14. The second kappa shape index (κ2) is 6.99. The maximum atomic E-state index is 12.1. The third-order valence-corrected chi connectivity index (χ3v) is 3.35. The number of para-hydroxylation sites is 1. The Labute approximate surface area is 124 Å². The third-order valence-electron chi connectivity index (χ3n) is 3.35. The maximum absolute atomic E-state index is 12.1. The molecule has 2 rings (SSSR count). The van der Waals surface area contributed by atoms with Crippen LogP contribution in [-0.4, -0.2) is 39.1 Å². The van der Waals surface area contributed by atoms with Crippen molar-refractivity contribution in [1.82, 2.24) is 20.1 Å². The van der Waals surface area contributed by atoms with E-state index in [2.05, 4.69) is 39.2 Å². The lowest BCUT2D eigenvalue weighted by Crippen LogP contribution is -2.23. The Morgan fingerprint density at radius 3 is 2.62 bits per heavy atom. The van der Waals surface area contributed by atoms with Crippen LogP contribution < -0.4 is 5.32 Å². The molecule has 1 heterocycles. The summed E-state index contributed by atoms with van der Waals surface area (Å²) in [6.07, 6.45) is 0. The number of carbonyl (C=O) groups excluding carboxylic acids is 1. The quantitative estimate of drug-likeness (QED) is 0.854. The molecule has 0 atom stereocenters. The molecule has 6 nitrogen and oxygen atoms in total. The second-order valence-electron chi connectivity index (χ2n) is 4.82. The van der Waals surface area contributed by atoms with Crippen LogP contribution in [-0.2, 0) is 6.54 Å². The van der Waals surface area contributed by atoms with E-state index in [1.807, 2.05) is 24.3 Å². The first-order chi connectivity index (χ1) is 10.1. The predicted molar refractivity (Wildman–Crippen MR) is 82.1 cm³/mol. The third kappa shape index (κ3) is 3.88. The summed E-state index contributed by atoms with van der Waals surface area (Å²) >= 11 is 0. The van der Waals surface area contributed by atoms with Gasteiger partial charge in [0, 0.05) is 12.2 Å². The van der Waals surface area contributed by atoms with Gasteiger partial charge in [-0.15, -0.1) is 5.10 Å². The molecule has 0 unspecified atom stereocenters. The van der Waals surface area contributed by atoms with Gasteiger partial charge in [0.2, 0.25) is 5.82 Å². The zero-order valence-electron chi connectivity index (χ0n) is 12.7. The number of anilines is 1. The number of hydrogen-bond donors (Lipinski definition) is 2. The van der Waals surface area contributed by atoms with Gasteiger partial charge in [-0.2, -0.15) is 0 Å². The first-order valence-electron chi connectivity index (χ1n) is 7.14. The molecule has 0 spiro atoms. The first-order valence-corrected chi connectivity index (χ1v) is 7.14. The summed E-state index contributed by atoms with van der Waals surface area (Å²) in [5, 5.41) is 9.43. The molecule has 0 saturated carbocycles. The van der Waals surface area contributed by atoms with Crippen molar-refractivity contribution in [2.75, 3.05) is 18.4 Å². The molecular weight excluding hydrogens is 266 g/mol. The second-order valence-corrected chi connectivity index (χ2v) is 4.82. The summed E-state index contributed by atoms with van der Waals surface area (Å²) in [4.78, 5) is 18.5. The standard InChI is InChI=1S/C15H21N5O/c1-4-20(5-2)10-12-8-6-7-9-13(12)17-15(21)14-16-11(3)18-19-14/h6-9H,4-5,10H2,1-3H3,(H,17,21)(H,16,18,19). The van der Waals surface area contributed by atoms with Gasteiger partial charge in [-0.1, -0.05) is 32.0 Å². The van der Waals surface area contributed by atoms with E-state index in [1.54, 1.807) is 6.92 Å². The van der Waals surface area contributed by atoms with E-state index in [1.165, 1.54) is 0 Å². The molecule has 0 aliphatic carbocycles. The van der Waals surface area contributed by atoms with Crippen LogP contribution in [0.1, 0.15) is 35.9 Å². The van der Waals surface area contributed by atoms with Gasteiger partial charge in [0.1, 0.15) is 5.82 Å². The molecule has 1 aromatic heterocycles. The molecule has 2 N–H and O–H groups in total. The normalized spacial score (nSPS) is 10.9. The van der Waals surface area contributed by atoms with E-state index < -0.39 is 0 Å². The van der Waals surface area contributed by atoms with E-state index in [-0.39, 0.29) is 11.7 Å². The molecule has 21 heavy (non-hydrogen) atoms. The minimum absolute atomic E-state index is 0.158. The summed E-state index contributed by atoms with van der Waals surface area (Å²) in [5.41, 5.74) is 1.89. The number of nitrogens with one attached hydrogen (secondary N) is 2. The Morgan fingerprint density at radius 2 is 2.00 bits per heavy atom. The molecule has 0 bridgehead atoms. The van der Waals surface area contributed by atoms with Crippen molar-refractivity contribution in [3.8, 4) is 0 Å². The molecule has 1 aromatic carbocycles. The monoisotopic (exact) mass is 287 g/mol. The number of hydrogen-bond acceptors (Lipinski definition) is 4. The number of amides is 1. The molecule has 1 amide bonds. The highest BCUT2D eigenvalue weighted by atomic mass is 16.2. The summed E-state index contributed by atoms with van der Waals surface area (Å²) in [7, 11) is 0.